The molecule has 7 aromatic carbocycles. The van der Waals surface area contributed by atoms with Gasteiger partial charge in [0, 0.05) is 45.5 Å². The molecule has 4 heterocycles. The molecule has 0 aliphatic carbocycles. The van der Waals surface area contributed by atoms with E-state index in [0.29, 0.717) is 0 Å². The second-order valence-electron chi connectivity index (χ2n) is 13.9. The second-order valence-corrected chi connectivity index (χ2v) is 13.9. The first-order valence-electron chi connectivity index (χ1n) is 18.4. The van der Waals surface area contributed by atoms with Gasteiger partial charge in [-0.1, -0.05) is 133 Å². The van der Waals surface area contributed by atoms with E-state index in [9.17, 15) is 0 Å². The zero-order valence-corrected chi connectivity index (χ0v) is 29.6. The van der Waals surface area contributed by atoms with E-state index in [1.54, 1.807) is 0 Å². The molecule has 6 nitrogen and oxygen atoms in total. The summed E-state index contributed by atoms with van der Waals surface area (Å²) in [5, 5.41) is 4.75. The molecule has 0 saturated carbocycles. The van der Waals surface area contributed by atoms with E-state index < -0.39 is 0 Å². The quantitative estimate of drug-likeness (QED) is 0.180. The zero-order valence-electron chi connectivity index (χ0n) is 29.6. The number of aromatic nitrogens is 4. The Morgan fingerprint density at radius 2 is 0.926 bits per heavy atom. The maximum atomic E-state index is 5.66. The predicted octanol–water partition coefficient (Wildman–Crippen LogP) is 11.1. The third kappa shape index (κ3) is 4.47. The van der Waals surface area contributed by atoms with Gasteiger partial charge in [0.05, 0.1) is 27.8 Å². The van der Waals surface area contributed by atoms with Crippen molar-refractivity contribution < 1.29 is 0 Å². The average molecular weight is 695 g/mol. The first kappa shape index (κ1) is 30.4. The minimum absolute atomic E-state index is 0.247. The molecule has 0 saturated heterocycles. The van der Waals surface area contributed by atoms with Crippen LogP contribution in [-0.2, 0) is 0 Å². The van der Waals surface area contributed by atoms with Crippen LogP contribution in [0.15, 0.2) is 187 Å². The standard InChI is InChI=1S/C48H34N6/c1-51-46(33-20-8-3-9-21-33)49-44(32-18-6-2-7-19-32)45-47(51)50-48(53(45)35-24-12-5-13-25-35)54-41-29-17-15-27-37(41)39-30-42-38(31-43(39)54)36-26-14-16-28-40(36)52(42)34-22-10-4-11-23-34/h2-31,46H,1H3. The third-order valence-corrected chi connectivity index (χ3v) is 10.9. The molecule has 0 amide bonds. The number of fused-ring (bicyclic) bond motifs is 7. The highest BCUT2D eigenvalue weighted by molar-refractivity contribution is 6.19. The normalized spacial score (nSPS) is 14.3. The van der Waals surface area contributed by atoms with E-state index in [-0.39, 0.29) is 6.17 Å². The lowest BCUT2D eigenvalue weighted by molar-refractivity contribution is 0.689. The fourth-order valence-corrected chi connectivity index (χ4v) is 8.44. The molecule has 0 fully saturated rings. The molecule has 6 heteroatoms. The van der Waals surface area contributed by atoms with Gasteiger partial charge in [-0.2, -0.15) is 4.98 Å². The third-order valence-electron chi connectivity index (χ3n) is 10.9. The largest absolute Gasteiger partial charge is 0.332 e. The molecule has 1 aliphatic rings. The maximum Gasteiger partial charge on any atom is 0.222 e. The molecule has 256 valence electrons. The molecule has 1 aliphatic heterocycles. The Morgan fingerprint density at radius 1 is 0.444 bits per heavy atom. The summed E-state index contributed by atoms with van der Waals surface area (Å²) in [6, 6.07) is 64.5. The van der Waals surface area contributed by atoms with Crippen LogP contribution in [0.3, 0.4) is 0 Å². The van der Waals surface area contributed by atoms with E-state index in [1.165, 1.54) is 32.6 Å². The lowest BCUT2D eigenvalue weighted by atomic mass is 10.0. The Labute approximate surface area is 312 Å². The summed E-state index contributed by atoms with van der Waals surface area (Å²) in [5.41, 5.74) is 10.7. The molecule has 54 heavy (non-hydrogen) atoms. The zero-order chi connectivity index (χ0) is 35.8. The summed E-state index contributed by atoms with van der Waals surface area (Å²) in [5.74, 6) is 1.69. The highest BCUT2D eigenvalue weighted by Crippen LogP contribution is 2.43. The Bertz CT molecular complexity index is 3050. The van der Waals surface area contributed by atoms with Crippen molar-refractivity contribution in [2.24, 2.45) is 4.99 Å². The van der Waals surface area contributed by atoms with Crippen LogP contribution >= 0.6 is 0 Å². The van der Waals surface area contributed by atoms with E-state index >= 15 is 0 Å². The van der Waals surface area contributed by atoms with Crippen molar-refractivity contribution in [3.05, 3.63) is 199 Å². The predicted molar refractivity (Wildman–Crippen MR) is 222 cm³/mol. The van der Waals surface area contributed by atoms with Gasteiger partial charge in [-0.05, 0) is 54.1 Å². The van der Waals surface area contributed by atoms with Gasteiger partial charge in [0.25, 0.3) is 0 Å². The van der Waals surface area contributed by atoms with Crippen LogP contribution in [0.2, 0.25) is 0 Å². The monoisotopic (exact) mass is 694 g/mol. The first-order chi connectivity index (χ1) is 26.7. The number of para-hydroxylation sites is 4. The minimum Gasteiger partial charge on any atom is -0.332 e. The molecule has 3 aromatic heterocycles. The molecular weight excluding hydrogens is 661 g/mol. The number of benzene rings is 7. The lowest BCUT2D eigenvalue weighted by Crippen LogP contribution is -2.31. The average Bonchev–Trinajstić information content (AvgIpc) is 3.89. The van der Waals surface area contributed by atoms with Crippen LogP contribution in [0.1, 0.15) is 23.0 Å². The Morgan fingerprint density at radius 3 is 1.54 bits per heavy atom. The lowest BCUT2D eigenvalue weighted by Gasteiger charge is -2.32. The van der Waals surface area contributed by atoms with Crippen LogP contribution in [0.4, 0.5) is 5.82 Å². The van der Waals surface area contributed by atoms with Crippen LogP contribution in [0, 0.1) is 0 Å². The van der Waals surface area contributed by atoms with Crippen molar-refractivity contribution in [2.45, 2.75) is 6.17 Å². The number of hydrogen-bond acceptors (Lipinski definition) is 3. The number of anilines is 1. The summed E-state index contributed by atoms with van der Waals surface area (Å²) in [4.78, 5) is 13.4. The highest BCUT2D eigenvalue weighted by Gasteiger charge is 2.35. The molecule has 0 N–H and O–H groups in total. The topological polar surface area (TPSA) is 43.3 Å². The second kappa shape index (κ2) is 11.9. The van der Waals surface area contributed by atoms with Gasteiger partial charge in [-0.15, -0.1) is 0 Å². The van der Waals surface area contributed by atoms with Gasteiger partial charge >= 0.3 is 0 Å². The van der Waals surface area contributed by atoms with Gasteiger partial charge in [-0.3, -0.25) is 14.1 Å². The number of nitrogens with zero attached hydrogens (tertiary/aromatic N) is 6. The van der Waals surface area contributed by atoms with Crippen LogP contribution in [0.25, 0.3) is 60.9 Å². The van der Waals surface area contributed by atoms with Crippen molar-refractivity contribution in [3.63, 3.8) is 0 Å². The van der Waals surface area contributed by atoms with Crippen LogP contribution < -0.4 is 4.90 Å². The van der Waals surface area contributed by atoms with Crippen LogP contribution in [-0.4, -0.2) is 31.4 Å². The van der Waals surface area contributed by atoms with Gasteiger partial charge in [0.15, 0.2) is 5.82 Å². The van der Waals surface area contributed by atoms with Crippen LogP contribution in [0.5, 0.6) is 0 Å². The fraction of sp³-hybridized carbons (Fsp3) is 0.0417. The molecule has 1 unspecified atom stereocenters. The molecule has 0 radical (unpaired) electrons. The van der Waals surface area contributed by atoms with Gasteiger partial charge in [0.1, 0.15) is 11.9 Å². The summed E-state index contributed by atoms with van der Waals surface area (Å²) < 4.78 is 7.06. The number of hydrogen-bond donors (Lipinski definition) is 0. The summed E-state index contributed by atoms with van der Waals surface area (Å²) >= 11 is 0. The van der Waals surface area contributed by atoms with Crippen molar-refractivity contribution in [1.82, 2.24) is 18.7 Å². The molecule has 0 spiro atoms. The summed E-state index contributed by atoms with van der Waals surface area (Å²) in [7, 11) is 2.11. The van der Waals surface area contributed by atoms with E-state index in [2.05, 4.69) is 208 Å². The van der Waals surface area contributed by atoms with Crippen molar-refractivity contribution >= 4 is 55.1 Å². The van der Waals surface area contributed by atoms with Gasteiger partial charge in [0.2, 0.25) is 5.95 Å². The molecule has 0 bridgehead atoms. The number of imidazole rings is 1. The molecular formula is C48H34N6. The smallest absolute Gasteiger partial charge is 0.222 e. The van der Waals surface area contributed by atoms with Gasteiger partial charge < -0.3 is 9.47 Å². The molecule has 11 rings (SSSR count). The Balaban J connectivity index is 1.26. The SMILES string of the molecule is CN1c2nc(-n3c4ccccc4c4cc5c(cc43)c3ccccc3n5-c3ccccc3)n(-c3ccccc3)c2C(c2ccccc2)=NC1c1ccccc1. The summed E-state index contributed by atoms with van der Waals surface area (Å²) in [6.07, 6.45) is -0.247. The van der Waals surface area contributed by atoms with Crippen molar-refractivity contribution in [2.75, 3.05) is 11.9 Å². The van der Waals surface area contributed by atoms with Crippen molar-refractivity contribution in [1.29, 1.82) is 0 Å². The van der Waals surface area contributed by atoms with Gasteiger partial charge in [-0.25, -0.2) is 0 Å². The van der Waals surface area contributed by atoms with E-state index in [0.717, 1.165) is 56.7 Å². The summed E-state index contributed by atoms with van der Waals surface area (Å²) in [6.45, 7) is 0. The highest BCUT2D eigenvalue weighted by atomic mass is 15.4. The number of aliphatic imine (C=N–C) groups is 1. The van der Waals surface area contributed by atoms with E-state index in [4.69, 9.17) is 9.98 Å². The maximum absolute atomic E-state index is 5.66. The molecule has 1 atom stereocenters. The molecule has 10 aromatic rings. The number of rotatable bonds is 5. The fourth-order valence-electron chi connectivity index (χ4n) is 8.44. The van der Waals surface area contributed by atoms with Crippen molar-refractivity contribution in [3.8, 4) is 17.3 Å². The Hall–Kier alpha value is -7.18. The Kier molecular flexibility index (Phi) is 6.73. The minimum atomic E-state index is -0.247. The first-order valence-corrected chi connectivity index (χ1v) is 18.4. The van der Waals surface area contributed by atoms with E-state index in [1.807, 2.05) is 0 Å².